The number of aliphatic hydroxyl groups is 1. The lowest BCUT2D eigenvalue weighted by Gasteiger charge is -2.39. The zero-order chi connectivity index (χ0) is 17.0. The van der Waals surface area contributed by atoms with Crippen LogP contribution in [0.15, 0.2) is 0 Å². The third kappa shape index (κ3) is 3.36. The summed E-state index contributed by atoms with van der Waals surface area (Å²) in [4.78, 5) is 25.0. The molecule has 0 atom stereocenters. The average molecular weight is 324 g/mol. The molecule has 1 aromatic rings. The topological polar surface area (TPSA) is 112 Å². The van der Waals surface area contributed by atoms with Gasteiger partial charge in [0.2, 0.25) is 5.69 Å². The number of carbonyl (C=O) groups excluding carboxylic acids is 1. The molecule has 1 aliphatic heterocycles. The van der Waals surface area contributed by atoms with Crippen LogP contribution in [-0.4, -0.2) is 50.7 Å². The van der Waals surface area contributed by atoms with E-state index in [1.165, 1.54) is 0 Å². The summed E-state index contributed by atoms with van der Waals surface area (Å²) in [5, 5.41) is 27.4. The molecule has 0 saturated carbocycles. The lowest BCUT2D eigenvalue weighted by molar-refractivity contribution is -0.385. The highest BCUT2D eigenvalue weighted by Gasteiger charge is 2.37. The van der Waals surface area contributed by atoms with Gasteiger partial charge in [0.1, 0.15) is 5.69 Å². The van der Waals surface area contributed by atoms with Crippen molar-refractivity contribution in [3.05, 3.63) is 21.5 Å². The summed E-state index contributed by atoms with van der Waals surface area (Å²) in [6.07, 6.45) is 3.47. The Morgan fingerprint density at radius 3 is 2.57 bits per heavy atom. The number of piperidine rings is 1. The number of likely N-dealkylation sites (tertiary alicyclic amines) is 1. The number of aromatic nitrogens is 2. The number of nitro groups is 1. The molecule has 1 amide bonds. The minimum absolute atomic E-state index is 0.105. The predicted molar refractivity (Wildman–Crippen MR) is 84.2 cm³/mol. The van der Waals surface area contributed by atoms with Gasteiger partial charge in [-0.25, -0.2) is 0 Å². The van der Waals surface area contributed by atoms with Crippen molar-refractivity contribution in [3.8, 4) is 0 Å². The van der Waals surface area contributed by atoms with Gasteiger partial charge in [0.05, 0.1) is 4.92 Å². The van der Waals surface area contributed by atoms with E-state index >= 15 is 0 Å². The van der Waals surface area contributed by atoms with Crippen molar-refractivity contribution in [2.45, 2.75) is 46.0 Å². The first kappa shape index (κ1) is 17.4. The number of amides is 1. The number of rotatable bonds is 6. The predicted octanol–water partition coefficient (Wildman–Crippen LogP) is 1.90. The molecule has 0 radical (unpaired) electrons. The summed E-state index contributed by atoms with van der Waals surface area (Å²) in [5.41, 5.74) is -0.0457. The molecule has 0 bridgehead atoms. The van der Waals surface area contributed by atoms with E-state index in [2.05, 4.69) is 10.2 Å². The van der Waals surface area contributed by atoms with Crippen molar-refractivity contribution in [2.75, 3.05) is 19.7 Å². The van der Waals surface area contributed by atoms with Crippen LogP contribution in [0, 0.1) is 15.5 Å². The van der Waals surface area contributed by atoms with Crippen LogP contribution >= 0.6 is 0 Å². The van der Waals surface area contributed by atoms with E-state index in [4.69, 9.17) is 0 Å². The molecule has 0 spiro atoms. The Morgan fingerprint density at radius 2 is 2.09 bits per heavy atom. The maximum absolute atomic E-state index is 12.6. The van der Waals surface area contributed by atoms with Gasteiger partial charge in [0, 0.05) is 19.7 Å². The third-order valence-corrected chi connectivity index (χ3v) is 4.89. The van der Waals surface area contributed by atoms with Crippen LogP contribution in [0.5, 0.6) is 0 Å². The number of nitrogens with zero attached hydrogens (tertiary/aromatic N) is 3. The molecule has 1 fully saturated rings. The molecular formula is C15H24N4O4. The average Bonchev–Trinajstić information content (AvgIpc) is 2.98. The Bertz CT molecular complexity index is 570. The summed E-state index contributed by atoms with van der Waals surface area (Å²) >= 11 is 0. The molecule has 1 saturated heterocycles. The van der Waals surface area contributed by atoms with Gasteiger partial charge in [-0.15, -0.1) is 0 Å². The molecule has 23 heavy (non-hydrogen) atoms. The zero-order valence-corrected chi connectivity index (χ0v) is 13.7. The van der Waals surface area contributed by atoms with Crippen LogP contribution in [-0.2, 0) is 6.42 Å². The molecule has 1 aromatic heterocycles. The van der Waals surface area contributed by atoms with Crippen LogP contribution in [0.25, 0.3) is 0 Å². The van der Waals surface area contributed by atoms with Gasteiger partial charge in [-0.2, -0.15) is 5.10 Å². The van der Waals surface area contributed by atoms with E-state index in [9.17, 15) is 20.0 Å². The first-order chi connectivity index (χ1) is 11.0. The van der Waals surface area contributed by atoms with Gasteiger partial charge in [0.15, 0.2) is 0 Å². The number of hydrogen-bond donors (Lipinski definition) is 2. The van der Waals surface area contributed by atoms with E-state index in [-0.39, 0.29) is 23.4 Å². The number of H-pyrrole nitrogens is 1. The number of carbonyl (C=O) groups is 1. The maximum Gasteiger partial charge on any atom is 0.322 e. The lowest BCUT2D eigenvalue weighted by Crippen LogP contribution is -2.44. The highest BCUT2D eigenvalue weighted by Crippen LogP contribution is 2.35. The summed E-state index contributed by atoms with van der Waals surface area (Å²) in [5.74, 6) is -0.405. The normalized spacial score (nSPS) is 17.3. The van der Waals surface area contributed by atoms with Crippen LogP contribution in [0.3, 0.4) is 0 Å². The monoisotopic (exact) mass is 324 g/mol. The minimum Gasteiger partial charge on any atom is -0.396 e. The molecule has 0 aliphatic carbocycles. The number of aromatic amines is 1. The van der Waals surface area contributed by atoms with Crippen molar-refractivity contribution < 1.29 is 14.8 Å². The molecule has 2 rings (SSSR count). The molecule has 8 nitrogen and oxygen atoms in total. The van der Waals surface area contributed by atoms with E-state index in [1.54, 1.807) is 4.90 Å². The maximum atomic E-state index is 12.6. The van der Waals surface area contributed by atoms with Gasteiger partial charge in [-0.1, -0.05) is 20.3 Å². The third-order valence-electron chi connectivity index (χ3n) is 4.89. The Morgan fingerprint density at radius 1 is 1.43 bits per heavy atom. The second kappa shape index (κ2) is 7.08. The van der Waals surface area contributed by atoms with Crippen LogP contribution in [0.1, 0.15) is 55.7 Å². The van der Waals surface area contributed by atoms with Gasteiger partial charge in [-0.05, 0) is 31.1 Å². The van der Waals surface area contributed by atoms with Gasteiger partial charge in [-0.3, -0.25) is 20.0 Å². The Hall–Kier alpha value is -1.96. The summed E-state index contributed by atoms with van der Waals surface area (Å²) in [6, 6.07) is 0. The molecule has 2 heterocycles. The SMILES string of the molecule is CCCc1[nH]nc(C(=O)N2CCC(CC)(CO)CC2)c1[N+](=O)[O-]. The van der Waals surface area contributed by atoms with Crippen molar-refractivity contribution >= 4 is 11.6 Å². The Balaban J connectivity index is 2.17. The number of hydrogen-bond acceptors (Lipinski definition) is 5. The quantitative estimate of drug-likeness (QED) is 0.613. The first-order valence-electron chi connectivity index (χ1n) is 8.09. The molecule has 1 aliphatic rings. The highest BCUT2D eigenvalue weighted by molar-refractivity contribution is 5.96. The molecule has 0 aromatic carbocycles. The standard InChI is InChI=1S/C15H24N4O4/c1-3-5-11-13(19(22)23)12(17-16-11)14(21)18-8-6-15(4-2,10-20)7-9-18/h20H,3-10H2,1-2H3,(H,16,17). The fourth-order valence-corrected chi connectivity index (χ4v) is 3.10. The van der Waals surface area contributed by atoms with Gasteiger partial charge < -0.3 is 10.0 Å². The lowest BCUT2D eigenvalue weighted by atomic mass is 9.77. The highest BCUT2D eigenvalue weighted by atomic mass is 16.6. The van der Waals surface area contributed by atoms with E-state index < -0.39 is 10.8 Å². The van der Waals surface area contributed by atoms with Crippen LogP contribution in [0.2, 0.25) is 0 Å². The number of nitrogens with one attached hydrogen (secondary N) is 1. The number of aliphatic hydroxyl groups excluding tert-OH is 1. The Labute approximate surface area is 135 Å². The van der Waals surface area contributed by atoms with E-state index in [0.29, 0.717) is 38.0 Å². The molecule has 2 N–H and O–H groups in total. The van der Waals surface area contributed by atoms with E-state index in [0.717, 1.165) is 12.8 Å². The summed E-state index contributed by atoms with van der Waals surface area (Å²) in [6.45, 7) is 5.02. The largest absolute Gasteiger partial charge is 0.396 e. The molecule has 128 valence electrons. The Kier molecular flexibility index (Phi) is 5.35. The van der Waals surface area contributed by atoms with Crippen LogP contribution < -0.4 is 0 Å². The molecule has 8 heteroatoms. The zero-order valence-electron chi connectivity index (χ0n) is 13.7. The first-order valence-corrected chi connectivity index (χ1v) is 8.09. The minimum atomic E-state index is -0.532. The van der Waals surface area contributed by atoms with Crippen LogP contribution in [0.4, 0.5) is 5.69 Å². The van der Waals surface area contributed by atoms with Crippen molar-refractivity contribution in [1.82, 2.24) is 15.1 Å². The van der Waals surface area contributed by atoms with Crippen molar-refractivity contribution in [1.29, 1.82) is 0 Å². The molecular weight excluding hydrogens is 300 g/mol. The van der Waals surface area contributed by atoms with Gasteiger partial charge in [0.25, 0.3) is 5.91 Å². The number of aryl methyl sites for hydroxylation is 1. The fourth-order valence-electron chi connectivity index (χ4n) is 3.10. The second-order valence-corrected chi connectivity index (χ2v) is 6.21. The fraction of sp³-hybridized carbons (Fsp3) is 0.733. The van der Waals surface area contributed by atoms with Crippen molar-refractivity contribution in [3.63, 3.8) is 0 Å². The van der Waals surface area contributed by atoms with E-state index in [1.807, 2.05) is 13.8 Å². The molecule has 0 unspecified atom stereocenters. The van der Waals surface area contributed by atoms with Crippen molar-refractivity contribution in [2.24, 2.45) is 5.41 Å². The van der Waals surface area contributed by atoms with Gasteiger partial charge >= 0.3 is 5.69 Å². The smallest absolute Gasteiger partial charge is 0.322 e. The summed E-state index contributed by atoms with van der Waals surface area (Å²) < 4.78 is 0. The second-order valence-electron chi connectivity index (χ2n) is 6.21. The summed E-state index contributed by atoms with van der Waals surface area (Å²) in [7, 11) is 0.